The highest BCUT2D eigenvalue weighted by atomic mass is 32.2. The minimum absolute atomic E-state index is 0.0872. The van der Waals surface area contributed by atoms with E-state index >= 15 is 0 Å². The molecule has 2 aliphatic heterocycles. The van der Waals surface area contributed by atoms with Gasteiger partial charge in [-0.3, -0.25) is 14.6 Å². The Hall–Kier alpha value is -2.96. The number of nitrogens with zero attached hydrogens (tertiary/aromatic N) is 2. The summed E-state index contributed by atoms with van der Waals surface area (Å²) in [7, 11) is 3.31. The van der Waals surface area contributed by atoms with Crippen LogP contribution >= 0.6 is 11.8 Å². The molecule has 0 atom stereocenters. The highest BCUT2D eigenvalue weighted by Gasteiger charge is 2.30. The Kier molecular flexibility index (Phi) is 5.34. The van der Waals surface area contributed by atoms with Crippen LogP contribution in [0, 0.1) is 0 Å². The van der Waals surface area contributed by atoms with Crippen LogP contribution in [0.4, 0.5) is 11.4 Å². The third kappa shape index (κ3) is 3.66. The molecule has 0 bridgehead atoms. The summed E-state index contributed by atoms with van der Waals surface area (Å²) in [5, 5.41) is 0. The Morgan fingerprint density at radius 2 is 1.48 bits per heavy atom. The molecule has 6 heteroatoms. The van der Waals surface area contributed by atoms with Crippen molar-refractivity contribution in [2.45, 2.75) is 22.8 Å². The van der Waals surface area contributed by atoms with Crippen molar-refractivity contribution >= 4 is 29.0 Å². The van der Waals surface area contributed by atoms with Gasteiger partial charge in [-0.15, -0.1) is 0 Å². The predicted molar refractivity (Wildman–Crippen MR) is 123 cm³/mol. The second-order valence-corrected chi connectivity index (χ2v) is 8.79. The SMILES string of the molecule is COc1cc2c(cc1OC)CN(CC(=O)N1c3ccccc3Sc3ccccc31)CC2. The molecule has 5 rings (SSSR count). The van der Waals surface area contributed by atoms with Crippen LogP contribution in [0.5, 0.6) is 11.5 Å². The molecule has 1 amide bonds. The fourth-order valence-electron chi connectivity index (χ4n) is 4.31. The van der Waals surface area contributed by atoms with Crippen molar-refractivity contribution in [3.05, 3.63) is 71.8 Å². The van der Waals surface area contributed by atoms with Crippen LogP contribution in [0.15, 0.2) is 70.5 Å². The van der Waals surface area contributed by atoms with E-state index in [2.05, 4.69) is 23.1 Å². The van der Waals surface area contributed by atoms with Crippen LogP contribution < -0.4 is 14.4 Å². The van der Waals surface area contributed by atoms with Crippen molar-refractivity contribution in [1.29, 1.82) is 0 Å². The molecule has 158 valence electrons. The third-order valence-corrected chi connectivity index (χ3v) is 6.97. The lowest BCUT2D eigenvalue weighted by Crippen LogP contribution is -2.41. The van der Waals surface area contributed by atoms with E-state index in [0.717, 1.165) is 45.6 Å². The first-order valence-electron chi connectivity index (χ1n) is 10.3. The minimum atomic E-state index is 0.0872. The highest BCUT2D eigenvalue weighted by Crippen LogP contribution is 2.48. The van der Waals surface area contributed by atoms with Crippen molar-refractivity contribution < 1.29 is 14.3 Å². The Labute approximate surface area is 186 Å². The number of rotatable bonds is 4. The van der Waals surface area contributed by atoms with Gasteiger partial charge in [0.1, 0.15) is 0 Å². The molecule has 0 radical (unpaired) electrons. The number of fused-ring (bicyclic) bond motifs is 3. The van der Waals surface area contributed by atoms with Crippen molar-refractivity contribution in [2.75, 3.05) is 32.2 Å². The number of hydrogen-bond donors (Lipinski definition) is 0. The number of carbonyl (C=O) groups excluding carboxylic acids is 1. The minimum Gasteiger partial charge on any atom is -0.493 e. The van der Waals surface area contributed by atoms with Gasteiger partial charge in [-0.25, -0.2) is 0 Å². The predicted octanol–water partition coefficient (Wildman–Crippen LogP) is 4.89. The molecule has 3 aromatic carbocycles. The van der Waals surface area contributed by atoms with Crippen LogP contribution in [-0.4, -0.2) is 38.1 Å². The van der Waals surface area contributed by atoms with Crippen molar-refractivity contribution in [2.24, 2.45) is 0 Å². The van der Waals surface area contributed by atoms with E-state index in [4.69, 9.17) is 9.47 Å². The summed E-state index contributed by atoms with van der Waals surface area (Å²) in [5.41, 5.74) is 4.36. The first-order chi connectivity index (χ1) is 15.2. The van der Waals surface area contributed by atoms with Gasteiger partial charge in [0.05, 0.1) is 32.1 Å². The van der Waals surface area contributed by atoms with Crippen LogP contribution in [-0.2, 0) is 17.8 Å². The number of hydrogen-bond acceptors (Lipinski definition) is 5. The molecule has 0 aromatic heterocycles. The van der Waals surface area contributed by atoms with E-state index < -0.39 is 0 Å². The molecule has 5 nitrogen and oxygen atoms in total. The van der Waals surface area contributed by atoms with Crippen LogP contribution in [0.1, 0.15) is 11.1 Å². The van der Waals surface area contributed by atoms with Gasteiger partial charge in [0.15, 0.2) is 11.5 Å². The van der Waals surface area contributed by atoms with Crippen molar-refractivity contribution in [3.8, 4) is 11.5 Å². The quantitative estimate of drug-likeness (QED) is 0.587. The number of anilines is 2. The zero-order valence-corrected chi connectivity index (χ0v) is 18.4. The molecular formula is C25H24N2O3S. The van der Waals surface area contributed by atoms with E-state index in [9.17, 15) is 4.79 Å². The Morgan fingerprint density at radius 3 is 2.10 bits per heavy atom. The number of para-hydroxylation sites is 2. The molecule has 0 saturated carbocycles. The first kappa shape index (κ1) is 20.0. The first-order valence-corrected chi connectivity index (χ1v) is 11.1. The molecule has 0 fully saturated rings. The zero-order chi connectivity index (χ0) is 21.4. The fraction of sp³-hybridized carbons (Fsp3) is 0.240. The third-order valence-electron chi connectivity index (χ3n) is 5.84. The molecule has 0 aliphatic carbocycles. The van der Waals surface area contributed by atoms with Gasteiger partial charge in [-0.1, -0.05) is 36.0 Å². The van der Waals surface area contributed by atoms with Crippen molar-refractivity contribution in [3.63, 3.8) is 0 Å². The average molecular weight is 433 g/mol. The summed E-state index contributed by atoms with van der Waals surface area (Å²) < 4.78 is 10.9. The summed E-state index contributed by atoms with van der Waals surface area (Å²) in [6.45, 7) is 1.91. The summed E-state index contributed by atoms with van der Waals surface area (Å²) in [5.74, 6) is 1.57. The Balaban J connectivity index is 1.41. The zero-order valence-electron chi connectivity index (χ0n) is 17.6. The van der Waals surface area contributed by atoms with Crippen LogP contribution in [0.2, 0.25) is 0 Å². The number of carbonyl (C=O) groups is 1. The number of ether oxygens (including phenoxy) is 2. The maximum atomic E-state index is 13.6. The van der Waals surface area contributed by atoms with E-state index in [1.54, 1.807) is 26.0 Å². The fourth-order valence-corrected chi connectivity index (χ4v) is 5.37. The maximum absolute atomic E-state index is 13.6. The van der Waals surface area contributed by atoms with E-state index in [-0.39, 0.29) is 5.91 Å². The molecule has 3 aromatic rings. The van der Waals surface area contributed by atoms with Gasteiger partial charge in [0.2, 0.25) is 5.91 Å². The topological polar surface area (TPSA) is 42.0 Å². The lowest BCUT2D eigenvalue weighted by atomic mass is 9.98. The lowest BCUT2D eigenvalue weighted by molar-refractivity contribution is -0.119. The number of benzene rings is 3. The summed E-state index contributed by atoms with van der Waals surface area (Å²) in [6.07, 6.45) is 0.881. The summed E-state index contributed by atoms with van der Waals surface area (Å²) >= 11 is 1.71. The molecule has 0 spiro atoms. The second kappa shape index (κ2) is 8.29. The van der Waals surface area contributed by atoms with Gasteiger partial charge < -0.3 is 9.47 Å². The lowest BCUT2D eigenvalue weighted by Gasteiger charge is -2.34. The summed E-state index contributed by atoms with van der Waals surface area (Å²) in [4.78, 5) is 19.9. The van der Waals surface area contributed by atoms with E-state index in [1.807, 2.05) is 47.4 Å². The smallest absolute Gasteiger partial charge is 0.245 e. The monoisotopic (exact) mass is 432 g/mol. The largest absolute Gasteiger partial charge is 0.493 e. The van der Waals surface area contributed by atoms with Gasteiger partial charge in [0, 0.05) is 22.9 Å². The number of amides is 1. The molecule has 0 saturated heterocycles. The van der Waals surface area contributed by atoms with Crippen LogP contribution in [0.3, 0.4) is 0 Å². The molecule has 2 heterocycles. The van der Waals surface area contributed by atoms with Crippen LogP contribution in [0.25, 0.3) is 0 Å². The maximum Gasteiger partial charge on any atom is 0.245 e. The van der Waals surface area contributed by atoms with E-state index in [1.165, 1.54) is 11.1 Å². The van der Waals surface area contributed by atoms with Gasteiger partial charge in [-0.05, 0) is 53.9 Å². The highest BCUT2D eigenvalue weighted by molar-refractivity contribution is 7.99. The second-order valence-electron chi connectivity index (χ2n) is 7.70. The number of methoxy groups -OCH3 is 2. The molecule has 0 unspecified atom stereocenters. The van der Waals surface area contributed by atoms with Gasteiger partial charge in [0.25, 0.3) is 0 Å². The normalized spacial score (nSPS) is 15.0. The molecule has 31 heavy (non-hydrogen) atoms. The van der Waals surface area contributed by atoms with Gasteiger partial charge >= 0.3 is 0 Å². The average Bonchev–Trinajstić information content (AvgIpc) is 2.81. The van der Waals surface area contributed by atoms with Crippen molar-refractivity contribution in [1.82, 2.24) is 4.90 Å². The Bertz CT molecular complexity index is 1100. The molecule has 0 N–H and O–H groups in total. The standard InChI is InChI=1S/C25H24N2O3S/c1-29-21-13-17-11-12-26(15-18(17)14-22(21)30-2)16-25(28)27-19-7-3-5-9-23(19)31-24-10-6-4-8-20(24)27/h3-10,13-14H,11-12,15-16H2,1-2H3. The Morgan fingerprint density at radius 1 is 0.903 bits per heavy atom. The van der Waals surface area contributed by atoms with E-state index in [0.29, 0.717) is 13.1 Å². The summed E-state index contributed by atoms with van der Waals surface area (Å²) in [6, 6.07) is 20.3. The molecular weight excluding hydrogens is 408 g/mol. The molecule has 2 aliphatic rings. The van der Waals surface area contributed by atoms with Gasteiger partial charge in [-0.2, -0.15) is 0 Å².